The lowest BCUT2D eigenvalue weighted by Gasteiger charge is -2.05. The number of nitrogens with zero attached hydrogens (tertiary/aromatic N) is 5. The molecule has 4 aromatic rings. The second-order valence-electron chi connectivity index (χ2n) is 6.08. The molecular weight excluding hydrogens is 362 g/mol. The Morgan fingerprint density at radius 3 is 3.00 bits per heavy atom. The smallest absolute Gasteiger partial charge is 0.262 e. The summed E-state index contributed by atoms with van der Waals surface area (Å²) < 4.78 is 8.21. The van der Waals surface area contributed by atoms with Crippen molar-refractivity contribution in [1.82, 2.24) is 29.7 Å². The number of nitrogens with one attached hydrogen (secondary N) is 2. The molecule has 4 aromatic heterocycles. The molecule has 142 valence electrons. The number of rotatable bonds is 6. The molecule has 28 heavy (non-hydrogen) atoms. The van der Waals surface area contributed by atoms with Crippen LogP contribution in [0.3, 0.4) is 0 Å². The fourth-order valence-corrected chi connectivity index (χ4v) is 2.69. The summed E-state index contributed by atoms with van der Waals surface area (Å²) in [6, 6.07) is 6.95. The van der Waals surface area contributed by atoms with Gasteiger partial charge in [0.1, 0.15) is 17.9 Å². The topological polar surface area (TPSA) is 119 Å². The number of anilines is 1. The van der Waals surface area contributed by atoms with Crippen LogP contribution in [0.5, 0.6) is 0 Å². The normalized spacial score (nSPS) is 10.9. The Morgan fingerprint density at radius 1 is 1.29 bits per heavy atom. The van der Waals surface area contributed by atoms with E-state index in [1.54, 1.807) is 49.8 Å². The number of hydrogen-bond acceptors (Lipinski definition) is 6. The van der Waals surface area contributed by atoms with Gasteiger partial charge < -0.3 is 15.1 Å². The second kappa shape index (κ2) is 7.35. The second-order valence-corrected chi connectivity index (χ2v) is 6.08. The minimum Gasteiger partial charge on any atom is -0.467 e. The highest BCUT2D eigenvalue weighted by Gasteiger charge is 2.16. The number of hydrogen-bond donors (Lipinski definition) is 2. The molecule has 0 atom stereocenters. The van der Waals surface area contributed by atoms with Crippen molar-refractivity contribution in [2.45, 2.75) is 20.0 Å². The maximum Gasteiger partial charge on any atom is 0.262 e. The van der Waals surface area contributed by atoms with Crippen LogP contribution >= 0.6 is 0 Å². The average molecular weight is 379 g/mol. The number of carbonyl (C=O) groups excluding carboxylic acids is 2. The third kappa shape index (κ3) is 3.61. The lowest BCUT2D eigenvalue weighted by Crippen LogP contribution is -2.27. The summed E-state index contributed by atoms with van der Waals surface area (Å²) in [5.74, 6) is 0.421. The van der Waals surface area contributed by atoms with Crippen molar-refractivity contribution in [2.24, 2.45) is 0 Å². The maximum atomic E-state index is 12.5. The van der Waals surface area contributed by atoms with Crippen LogP contribution in [-0.4, -0.2) is 36.2 Å². The van der Waals surface area contributed by atoms with Crippen LogP contribution in [0.4, 0.5) is 5.82 Å². The quantitative estimate of drug-likeness (QED) is 0.523. The molecule has 2 amide bonds. The van der Waals surface area contributed by atoms with Crippen molar-refractivity contribution >= 4 is 23.3 Å². The number of aromatic nitrogens is 5. The van der Waals surface area contributed by atoms with Crippen LogP contribution in [0.1, 0.15) is 21.8 Å². The third-order valence-electron chi connectivity index (χ3n) is 4.08. The third-order valence-corrected chi connectivity index (χ3v) is 4.08. The van der Waals surface area contributed by atoms with Gasteiger partial charge in [-0.05, 0) is 25.1 Å². The first-order valence-electron chi connectivity index (χ1n) is 8.53. The SMILES string of the molecule is Cc1cc(NC(=O)c2cnn3cccnc23)nn1CC(=O)NCc1ccco1. The Hall–Kier alpha value is -3.95. The standard InChI is InChI=1S/C18H17N7O3/c1-12-8-15(22-18(27)14-10-21-24-6-3-5-19-17(14)24)23-25(12)11-16(26)20-9-13-4-2-7-28-13/h2-8,10H,9,11H2,1H3,(H,20,26)(H,22,23,27). The highest BCUT2D eigenvalue weighted by atomic mass is 16.3. The Kier molecular flexibility index (Phi) is 4.58. The van der Waals surface area contributed by atoms with Crippen molar-refractivity contribution < 1.29 is 14.0 Å². The molecule has 4 heterocycles. The van der Waals surface area contributed by atoms with Gasteiger partial charge in [0.05, 0.1) is 19.0 Å². The molecular formula is C18H17N7O3. The largest absolute Gasteiger partial charge is 0.467 e. The van der Waals surface area contributed by atoms with E-state index >= 15 is 0 Å². The predicted molar refractivity (Wildman–Crippen MR) is 98.5 cm³/mol. The van der Waals surface area contributed by atoms with Gasteiger partial charge in [-0.25, -0.2) is 9.50 Å². The first-order chi connectivity index (χ1) is 13.6. The van der Waals surface area contributed by atoms with Crippen molar-refractivity contribution in [2.75, 3.05) is 5.32 Å². The van der Waals surface area contributed by atoms with Crippen LogP contribution in [0.2, 0.25) is 0 Å². The molecule has 0 spiro atoms. The zero-order chi connectivity index (χ0) is 19.5. The highest BCUT2D eigenvalue weighted by molar-refractivity contribution is 6.07. The molecule has 0 aliphatic heterocycles. The van der Waals surface area contributed by atoms with Crippen LogP contribution < -0.4 is 10.6 Å². The van der Waals surface area contributed by atoms with Gasteiger partial charge >= 0.3 is 0 Å². The molecule has 0 unspecified atom stereocenters. The van der Waals surface area contributed by atoms with Gasteiger partial charge in [0.25, 0.3) is 5.91 Å². The van der Waals surface area contributed by atoms with Gasteiger partial charge in [-0.1, -0.05) is 0 Å². The Bertz CT molecular complexity index is 1130. The van der Waals surface area contributed by atoms with Gasteiger partial charge in [-0.3, -0.25) is 14.3 Å². The molecule has 0 aromatic carbocycles. The summed E-state index contributed by atoms with van der Waals surface area (Å²) in [5.41, 5.74) is 1.53. The van der Waals surface area contributed by atoms with Gasteiger partial charge in [-0.15, -0.1) is 0 Å². The molecule has 4 rings (SSSR count). The molecule has 0 fully saturated rings. The molecule has 2 N–H and O–H groups in total. The summed E-state index contributed by atoms with van der Waals surface area (Å²) in [6.07, 6.45) is 6.30. The fourth-order valence-electron chi connectivity index (χ4n) is 2.69. The number of fused-ring (bicyclic) bond motifs is 1. The van der Waals surface area contributed by atoms with E-state index in [-0.39, 0.29) is 18.4 Å². The summed E-state index contributed by atoms with van der Waals surface area (Å²) in [7, 11) is 0. The first kappa shape index (κ1) is 17.5. The van der Waals surface area contributed by atoms with E-state index in [2.05, 4.69) is 25.8 Å². The van der Waals surface area contributed by atoms with Gasteiger partial charge in [-0.2, -0.15) is 10.2 Å². The Morgan fingerprint density at radius 2 is 2.18 bits per heavy atom. The van der Waals surface area contributed by atoms with Crippen LogP contribution in [0, 0.1) is 6.92 Å². The van der Waals surface area contributed by atoms with Crippen LogP contribution in [0.25, 0.3) is 5.65 Å². The lowest BCUT2D eigenvalue weighted by atomic mass is 10.3. The van der Waals surface area contributed by atoms with Crippen LogP contribution in [0.15, 0.2) is 53.5 Å². The van der Waals surface area contributed by atoms with E-state index in [4.69, 9.17) is 4.42 Å². The summed E-state index contributed by atoms with van der Waals surface area (Å²) in [5, 5.41) is 13.8. The van der Waals surface area contributed by atoms with Crippen molar-refractivity contribution in [1.29, 1.82) is 0 Å². The fraction of sp³-hybridized carbons (Fsp3) is 0.167. The van der Waals surface area contributed by atoms with Crippen LogP contribution in [-0.2, 0) is 17.9 Å². The molecule has 0 radical (unpaired) electrons. The first-order valence-corrected chi connectivity index (χ1v) is 8.53. The predicted octanol–water partition coefficient (Wildman–Crippen LogP) is 1.40. The monoisotopic (exact) mass is 379 g/mol. The molecule has 0 aliphatic carbocycles. The van der Waals surface area contributed by atoms with E-state index in [1.807, 2.05) is 0 Å². The highest BCUT2D eigenvalue weighted by Crippen LogP contribution is 2.13. The molecule has 10 nitrogen and oxygen atoms in total. The van der Waals surface area contributed by atoms with E-state index in [1.165, 1.54) is 15.4 Å². The van der Waals surface area contributed by atoms with E-state index < -0.39 is 0 Å². The number of aryl methyl sites for hydroxylation is 1. The number of furan rings is 1. The minimum absolute atomic E-state index is 0.0285. The zero-order valence-corrected chi connectivity index (χ0v) is 15.0. The summed E-state index contributed by atoms with van der Waals surface area (Å²) in [4.78, 5) is 28.8. The van der Waals surface area contributed by atoms with Gasteiger partial charge in [0.15, 0.2) is 11.5 Å². The molecule has 10 heteroatoms. The zero-order valence-electron chi connectivity index (χ0n) is 15.0. The Labute approximate surface area is 159 Å². The van der Waals surface area contributed by atoms with E-state index in [0.717, 1.165) is 5.69 Å². The van der Waals surface area contributed by atoms with E-state index in [9.17, 15) is 9.59 Å². The summed E-state index contributed by atoms with van der Waals surface area (Å²) in [6.45, 7) is 2.14. The van der Waals surface area contributed by atoms with Gasteiger partial charge in [0, 0.05) is 24.2 Å². The van der Waals surface area contributed by atoms with Crippen molar-refractivity contribution in [3.05, 3.63) is 66.1 Å². The lowest BCUT2D eigenvalue weighted by molar-refractivity contribution is -0.122. The molecule has 0 saturated carbocycles. The minimum atomic E-state index is -0.374. The maximum absolute atomic E-state index is 12.5. The van der Waals surface area contributed by atoms with Crippen molar-refractivity contribution in [3.63, 3.8) is 0 Å². The summed E-state index contributed by atoms with van der Waals surface area (Å²) >= 11 is 0. The van der Waals surface area contributed by atoms with E-state index in [0.29, 0.717) is 29.3 Å². The number of amides is 2. The molecule has 0 saturated heterocycles. The number of carbonyl (C=O) groups is 2. The Balaban J connectivity index is 1.41. The molecule has 0 aliphatic rings. The average Bonchev–Trinajstić information content (AvgIpc) is 3.41. The molecule has 0 bridgehead atoms. The van der Waals surface area contributed by atoms with Gasteiger partial charge in [0.2, 0.25) is 5.91 Å². The van der Waals surface area contributed by atoms with Crippen molar-refractivity contribution in [3.8, 4) is 0 Å².